The van der Waals surface area contributed by atoms with E-state index in [2.05, 4.69) is 34.1 Å². The Hall–Kier alpha value is -2.78. The van der Waals surface area contributed by atoms with Gasteiger partial charge in [-0.2, -0.15) is 0 Å². The molecule has 2 unspecified atom stereocenters. The summed E-state index contributed by atoms with van der Waals surface area (Å²) in [5.41, 5.74) is -2.43. The number of hydrogen-bond donors (Lipinski definition) is 3. The van der Waals surface area contributed by atoms with Crippen LogP contribution in [0.15, 0.2) is 6.33 Å². The van der Waals surface area contributed by atoms with Crippen LogP contribution >= 0.6 is 7.60 Å². The number of aliphatic hydroxyl groups is 1. The van der Waals surface area contributed by atoms with Crippen LogP contribution in [-0.2, 0) is 32.9 Å². The van der Waals surface area contributed by atoms with Gasteiger partial charge in [0.2, 0.25) is 0 Å². The molecule has 6 atom stereocenters. The van der Waals surface area contributed by atoms with Crippen molar-refractivity contribution in [1.82, 2.24) is 19.5 Å². The fourth-order valence-electron chi connectivity index (χ4n) is 8.43. The lowest BCUT2D eigenvalue weighted by Crippen LogP contribution is -2.46. The summed E-state index contributed by atoms with van der Waals surface area (Å²) < 4.78 is 68.7. The smallest absolute Gasteiger partial charge is 0.332 e. The monoisotopic (exact) mass is 944 g/mol. The molecule has 0 radical (unpaired) electrons. The van der Waals surface area contributed by atoms with Crippen LogP contribution in [0.1, 0.15) is 213 Å². The molecule has 1 saturated heterocycles. The maximum Gasteiger partial charge on any atom is 0.332 e. The molecule has 0 aromatic carbocycles. The third kappa shape index (κ3) is 20.5. The van der Waals surface area contributed by atoms with Crippen LogP contribution in [-0.4, -0.2) is 91.6 Å². The molecule has 0 amide bonds. The van der Waals surface area contributed by atoms with Crippen LogP contribution in [0.25, 0.3) is 11.2 Å². The topological polar surface area (TPSA) is 184 Å². The first-order chi connectivity index (χ1) is 31.2. The lowest BCUT2D eigenvalue weighted by molar-refractivity contribution is -0.202. The number of aryl methyl sites for hydroxylation is 1. The SMILES string of the molecule is CCCCCCCCCCCCCCCC(=O)OCC(CP(=O)(O)OC[C@@]1(F)O[C@@H](n2cnc3c(NC)nc(C)nc32)[C@](C)(F)[C@@H]1O)OC(=O)CCCCCCCCCCCCCCC. The zero-order valence-electron chi connectivity index (χ0n) is 40.5. The number of carbonyl (C=O) groups is 2. The minimum atomic E-state index is -4.85. The zero-order chi connectivity index (χ0) is 47.6. The van der Waals surface area contributed by atoms with E-state index in [4.69, 9.17) is 18.7 Å². The number of imidazole rings is 1. The number of fused-ring (bicyclic) bond motifs is 1. The van der Waals surface area contributed by atoms with Gasteiger partial charge in [0.25, 0.3) is 5.85 Å². The molecule has 0 aliphatic carbocycles. The summed E-state index contributed by atoms with van der Waals surface area (Å²) in [7, 11) is -3.23. The summed E-state index contributed by atoms with van der Waals surface area (Å²) in [4.78, 5) is 49.4. The molecule has 1 fully saturated rings. The molecule has 3 rings (SSSR count). The molecule has 2 aromatic rings. The summed E-state index contributed by atoms with van der Waals surface area (Å²) in [5, 5.41) is 13.8. The van der Waals surface area contributed by atoms with Crippen LogP contribution in [0.5, 0.6) is 0 Å². The lowest BCUT2D eigenvalue weighted by Gasteiger charge is -2.26. The second-order valence-electron chi connectivity index (χ2n) is 18.4. The van der Waals surface area contributed by atoms with E-state index >= 15 is 8.78 Å². The van der Waals surface area contributed by atoms with Crippen LogP contribution in [0.2, 0.25) is 0 Å². The maximum absolute atomic E-state index is 16.4. The summed E-state index contributed by atoms with van der Waals surface area (Å²) in [6.07, 6.45) is 24.8. The van der Waals surface area contributed by atoms with E-state index in [-0.39, 0.29) is 24.0 Å². The lowest BCUT2D eigenvalue weighted by atomic mass is 9.97. The number of anilines is 1. The van der Waals surface area contributed by atoms with Gasteiger partial charge in [-0.3, -0.25) is 18.7 Å². The fourth-order valence-corrected chi connectivity index (χ4v) is 9.61. The summed E-state index contributed by atoms with van der Waals surface area (Å²) in [6.45, 7) is 5.13. The van der Waals surface area contributed by atoms with E-state index in [1.807, 2.05) is 0 Å². The molecule has 3 N–H and O–H groups in total. The Labute approximate surface area is 388 Å². The molecule has 1 aliphatic heterocycles. The molecule has 14 nitrogen and oxygen atoms in total. The Morgan fingerprint density at radius 1 is 0.800 bits per heavy atom. The Morgan fingerprint density at radius 2 is 1.26 bits per heavy atom. The fraction of sp³-hybridized carbons (Fsp3) is 0.854. The van der Waals surface area contributed by atoms with Crippen LogP contribution in [0, 0.1) is 6.92 Å². The Morgan fingerprint density at radius 3 is 1.74 bits per heavy atom. The van der Waals surface area contributed by atoms with Gasteiger partial charge in [0, 0.05) is 19.9 Å². The minimum absolute atomic E-state index is 0.0606. The van der Waals surface area contributed by atoms with Crippen molar-refractivity contribution in [2.45, 2.75) is 237 Å². The number of halogens is 2. The van der Waals surface area contributed by atoms with E-state index in [0.29, 0.717) is 24.5 Å². The average molecular weight is 944 g/mol. The number of hydrogen-bond acceptors (Lipinski definition) is 12. The van der Waals surface area contributed by atoms with Crippen LogP contribution in [0.3, 0.4) is 0 Å². The van der Waals surface area contributed by atoms with E-state index in [9.17, 15) is 24.2 Å². The number of ether oxygens (including phenoxy) is 3. The van der Waals surface area contributed by atoms with Crippen molar-refractivity contribution in [2.24, 2.45) is 0 Å². The molecule has 2 aromatic heterocycles. The second-order valence-corrected chi connectivity index (χ2v) is 20.3. The Balaban J connectivity index is 1.51. The van der Waals surface area contributed by atoms with Crippen molar-refractivity contribution >= 4 is 36.5 Å². The highest BCUT2D eigenvalue weighted by Crippen LogP contribution is 2.51. The summed E-state index contributed by atoms with van der Waals surface area (Å²) >= 11 is 0. The van der Waals surface area contributed by atoms with Gasteiger partial charge in [-0.25, -0.2) is 23.7 Å². The molecule has 0 spiro atoms. The van der Waals surface area contributed by atoms with Gasteiger partial charge in [-0.1, -0.05) is 168 Å². The molecule has 65 heavy (non-hydrogen) atoms. The predicted molar refractivity (Wildman–Crippen MR) is 251 cm³/mol. The van der Waals surface area contributed by atoms with Crippen LogP contribution < -0.4 is 5.32 Å². The number of nitrogens with one attached hydrogen (secondary N) is 1. The first-order valence-electron chi connectivity index (χ1n) is 25.1. The van der Waals surface area contributed by atoms with Gasteiger partial charge >= 0.3 is 19.5 Å². The molecule has 0 saturated carbocycles. The van der Waals surface area contributed by atoms with E-state index < -0.39 is 68.9 Å². The van der Waals surface area contributed by atoms with E-state index in [1.165, 1.54) is 115 Å². The average Bonchev–Trinajstić information content (AvgIpc) is 3.76. The first kappa shape index (κ1) is 56.5. The van der Waals surface area contributed by atoms with Gasteiger partial charge in [0.15, 0.2) is 35.0 Å². The number of alkyl halides is 2. The third-order valence-corrected chi connectivity index (χ3v) is 13.8. The molecule has 0 bridgehead atoms. The zero-order valence-corrected chi connectivity index (χ0v) is 41.4. The van der Waals surface area contributed by atoms with Crippen molar-refractivity contribution < 1.29 is 51.7 Å². The van der Waals surface area contributed by atoms with Gasteiger partial charge in [0.05, 0.1) is 12.5 Å². The largest absolute Gasteiger partial charge is 0.462 e. The predicted octanol–water partition coefficient (Wildman–Crippen LogP) is 12.1. The Bertz CT molecular complexity index is 1700. The van der Waals surface area contributed by atoms with Gasteiger partial charge in [0.1, 0.15) is 25.1 Å². The van der Waals surface area contributed by atoms with Crippen molar-refractivity contribution in [2.75, 3.05) is 31.7 Å². The van der Waals surface area contributed by atoms with Gasteiger partial charge in [-0.15, -0.1) is 0 Å². The molecule has 17 heteroatoms. The molecule has 1 aliphatic rings. The number of carbonyl (C=O) groups excluding carboxylic acids is 2. The maximum atomic E-state index is 16.4. The van der Waals surface area contributed by atoms with Crippen molar-refractivity contribution in [3.63, 3.8) is 0 Å². The first-order valence-corrected chi connectivity index (χ1v) is 26.9. The number of unbranched alkanes of at least 4 members (excludes halogenated alkanes) is 24. The van der Waals surface area contributed by atoms with E-state index in [1.54, 1.807) is 14.0 Å². The number of rotatable bonds is 38. The van der Waals surface area contributed by atoms with Gasteiger partial charge in [-0.05, 0) is 26.7 Å². The number of nitrogens with zero attached hydrogens (tertiary/aromatic N) is 4. The van der Waals surface area contributed by atoms with Gasteiger partial charge < -0.3 is 34.1 Å². The second kappa shape index (κ2) is 30.6. The molecule has 3 heterocycles. The highest BCUT2D eigenvalue weighted by molar-refractivity contribution is 7.52. The van der Waals surface area contributed by atoms with Crippen LogP contribution in [0.4, 0.5) is 14.6 Å². The van der Waals surface area contributed by atoms with Crippen molar-refractivity contribution in [3.05, 3.63) is 12.2 Å². The molecular weight excluding hydrogens is 860 g/mol. The molecular formula is C48H84F2N5O9P. The highest BCUT2D eigenvalue weighted by atomic mass is 31.2. The summed E-state index contributed by atoms with van der Waals surface area (Å²) in [5.74, 6) is -3.81. The quantitative estimate of drug-likeness (QED) is 0.0328. The third-order valence-electron chi connectivity index (χ3n) is 12.4. The normalized spacial score (nSPS) is 21.1. The number of aliphatic hydroxyl groups excluding tert-OH is 1. The number of aromatic nitrogens is 4. The standard InChI is InChI=1S/C48H84F2N5O9P/c1-6-8-10-12-14-16-18-20-22-24-26-28-30-32-40(56)61-34-39(63-41(57)33-31-29-27-25-23-21-19-17-15-13-11-9-7-2)35-65(59,60)62-36-48(50)45(58)47(4,49)46(64-48)55-37-52-42-43(51-5)53-38(3)54-44(42)55/h37,39,45-46,58H,6-36H2,1-5H3,(H,59,60)(H,51,53,54)/t39?,45-,46+,47+,48+/m0/s1. The summed E-state index contributed by atoms with van der Waals surface area (Å²) in [6, 6.07) is 0. The number of esters is 2. The van der Waals surface area contributed by atoms with E-state index in [0.717, 1.165) is 56.4 Å². The minimum Gasteiger partial charge on any atom is -0.462 e. The molecule has 374 valence electrons. The highest BCUT2D eigenvalue weighted by Gasteiger charge is 2.65. The van der Waals surface area contributed by atoms with Crippen molar-refractivity contribution in [1.29, 1.82) is 0 Å². The van der Waals surface area contributed by atoms with Crippen molar-refractivity contribution in [3.8, 4) is 0 Å². The Kier molecular flexibility index (Phi) is 26.6.